The molecule has 0 amide bonds. The second-order valence-corrected chi connectivity index (χ2v) is 3.09. The summed E-state index contributed by atoms with van der Waals surface area (Å²) in [6.45, 7) is 1.94. The van der Waals surface area contributed by atoms with Gasteiger partial charge in [0, 0.05) is 12.0 Å². The lowest BCUT2D eigenvalue weighted by Crippen LogP contribution is -2.19. The second-order valence-electron chi connectivity index (χ2n) is 3.09. The van der Waals surface area contributed by atoms with E-state index in [1.54, 1.807) is 20.0 Å². The third-order valence-electron chi connectivity index (χ3n) is 2.05. The topological polar surface area (TPSA) is 17.1 Å². The van der Waals surface area contributed by atoms with E-state index in [9.17, 15) is 9.18 Å². The fourth-order valence-corrected chi connectivity index (χ4v) is 1.27. The minimum atomic E-state index is -0.304. The summed E-state index contributed by atoms with van der Waals surface area (Å²) in [5.74, 6) is -0.276. The summed E-state index contributed by atoms with van der Waals surface area (Å²) in [7, 11) is 1.64. The molecule has 68 valence electrons. The van der Waals surface area contributed by atoms with Gasteiger partial charge in [0.2, 0.25) is 0 Å². The largest absolute Gasteiger partial charge is 0.294 e. The summed E-state index contributed by atoms with van der Waals surface area (Å²) in [5.41, 5.74) is 0.975. The molecular weight excluding hydrogens is 166 g/mol. The highest BCUT2D eigenvalue weighted by molar-refractivity contribution is 6.36. The van der Waals surface area contributed by atoms with Gasteiger partial charge in [-0.05, 0) is 17.9 Å². The zero-order chi connectivity index (χ0) is 9.84. The first-order valence-corrected chi connectivity index (χ1v) is 4.45. The Morgan fingerprint density at radius 2 is 2.23 bits per heavy atom. The molecule has 1 rings (SSSR count). The SMILES string of the molecule is Bc1c(F)cccc1C(=O)CCC. The first-order valence-electron chi connectivity index (χ1n) is 4.45. The molecule has 0 aliphatic carbocycles. The third kappa shape index (κ3) is 2.17. The Kier molecular flexibility index (Phi) is 3.23. The molecule has 0 bridgehead atoms. The first kappa shape index (κ1) is 9.97. The van der Waals surface area contributed by atoms with Gasteiger partial charge in [0.1, 0.15) is 13.7 Å². The quantitative estimate of drug-likeness (QED) is 0.499. The molecule has 0 heterocycles. The van der Waals surface area contributed by atoms with Crippen molar-refractivity contribution in [2.75, 3.05) is 0 Å². The zero-order valence-electron chi connectivity index (χ0n) is 7.93. The van der Waals surface area contributed by atoms with E-state index in [0.717, 1.165) is 6.42 Å². The van der Waals surface area contributed by atoms with Gasteiger partial charge < -0.3 is 0 Å². The smallest absolute Gasteiger partial charge is 0.162 e. The molecule has 1 aromatic carbocycles. The number of carbonyl (C=O) groups excluding carboxylic acids is 1. The molecule has 0 aliphatic heterocycles. The van der Waals surface area contributed by atoms with Gasteiger partial charge >= 0.3 is 0 Å². The molecule has 0 aliphatic rings. The van der Waals surface area contributed by atoms with Crippen LogP contribution in [0.5, 0.6) is 0 Å². The average molecular weight is 178 g/mol. The first-order chi connectivity index (χ1) is 6.16. The molecule has 0 saturated carbocycles. The third-order valence-corrected chi connectivity index (χ3v) is 2.05. The lowest BCUT2D eigenvalue weighted by atomic mass is 9.87. The molecular formula is C10H12BFO. The van der Waals surface area contributed by atoms with Gasteiger partial charge in [-0.15, -0.1) is 0 Å². The minimum absolute atomic E-state index is 0.0273. The highest BCUT2D eigenvalue weighted by atomic mass is 19.1. The Morgan fingerprint density at radius 3 is 2.85 bits per heavy atom. The molecule has 0 spiro atoms. The fourth-order valence-electron chi connectivity index (χ4n) is 1.27. The highest BCUT2D eigenvalue weighted by Crippen LogP contribution is 2.04. The van der Waals surface area contributed by atoms with Crippen molar-refractivity contribution in [2.45, 2.75) is 19.8 Å². The van der Waals surface area contributed by atoms with E-state index in [2.05, 4.69) is 0 Å². The van der Waals surface area contributed by atoms with Crippen molar-refractivity contribution in [3.05, 3.63) is 29.6 Å². The Balaban J connectivity index is 3.01. The lowest BCUT2D eigenvalue weighted by Gasteiger charge is -2.04. The molecule has 0 saturated heterocycles. The van der Waals surface area contributed by atoms with E-state index in [1.807, 2.05) is 6.92 Å². The molecule has 0 fully saturated rings. The van der Waals surface area contributed by atoms with E-state index in [0.29, 0.717) is 17.4 Å². The van der Waals surface area contributed by atoms with Gasteiger partial charge in [0.05, 0.1) is 0 Å². The standard InChI is InChI=1S/C10H12BFO/c1-2-4-9(13)7-5-3-6-8(12)10(7)11/h3,5-6H,2,4,11H2,1H3. The van der Waals surface area contributed by atoms with Gasteiger partial charge in [-0.25, -0.2) is 4.39 Å². The minimum Gasteiger partial charge on any atom is -0.294 e. The number of benzene rings is 1. The molecule has 0 aromatic heterocycles. The normalized spacial score (nSPS) is 10.0. The fraction of sp³-hybridized carbons (Fsp3) is 0.300. The maximum atomic E-state index is 13.0. The van der Waals surface area contributed by atoms with Gasteiger partial charge in [-0.2, -0.15) is 0 Å². The van der Waals surface area contributed by atoms with Crippen molar-refractivity contribution in [1.82, 2.24) is 0 Å². The van der Waals surface area contributed by atoms with E-state index < -0.39 is 0 Å². The molecule has 3 heteroatoms. The monoisotopic (exact) mass is 178 g/mol. The summed E-state index contributed by atoms with van der Waals surface area (Å²) in [6.07, 6.45) is 1.29. The maximum Gasteiger partial charge on any atom is 0.162 e. The number of ketones is 1. The van der Waals surface area contributed by atoms with Gasteiger partial charge in [0.25, 0.3) is 0 Å². The van der Waals surface area contributed by atoms with Crippen LogP contribution in [0.3, 0.4) is 0 Å². The number of carbonyl (C=O) groups is 1. The second kappa shape index (κ2) is 4.22. The molecule has 0 unspecified atom stereocenters. The van der Waals surface area contributed by atoms with Crippen LogP contribution in [0.25, 0.3) is 0 Å². The molecule has 0 radical (unpaired) electrons. The van der Waals surface area contributed by atoms with Crippen LogP contribution in [-0.4, -0.2) is 13.6 Å². The van der Waals surface area contributed by atoms with Crippen molar-refractivity contribution in [2.24, 2.45) is 0 Å². The highest BCUT2D eigenvalue weighted by Gasteiger charge is 2.09. The summed E-state index contributed by atoms with van der Waals surface area (Å²) in [5, 5.41) is 0. The Bertz CT molecular complexity index is 323. The molecule has 0 atom stereocenters. The van der Waals surface area contributed by atoms with E-state index >= 15 is 0 Å². The molecule has 13 heavy (non-hydrogen) atoms. The average Bonchev–Trinajstić information content (AvgIpc) is 2.10. The zero-order valence-corrected chi connectivity index (χ0v) is 7.93. The van der Waals surface area contributed by atoms with Crippen LogP contribution in [0.1, 0.15) is 30.1 Å². The van der Waals surface area contributed by atoms with Crippen LogP contribution >= 0.6 is 0 Å². The van der Waals surface area contributed by atoms with Crippen LogP contribution in [-0.2, 0) is 0 Å². The van der Waals surface area contributed by atoms with Gasteiger partial charge in [0.15, 0.2) is 5.78 Å². The van der Waals surface area contributed by atoms with Crippen LogP contribution in [0.15, 0.2) is 18.2 Å². The predicted octanol–water partition coefficient (Wildman–Crippen LogP) is 1.07. The molecule has 1 aromatic rings. The van der Waals surface area contributed by atoms with Crippen LogP contribution in [0.2, 0.25) is 0 Å². The Morgan fingerprint density at radius 1 is 1.54 bits per heavy atom. The molecule has 1 nitrogen and oxygen atoms in total. The number of Topliss-reactive ketones (excluding diaryl/α,β-unsaturated/α-hetero) is 1. The number of rotatable bonds is 3. The van der Waals surface area contributed by atoms with E-state index in [1.165, 1.54) is 6.07 Å². The van der Waals surface area contributed by atoms with Gasteiger partial charge in [-0.3, -0.25) is 4.79 Å². The number of halogens is 1. The van der Waals surface area contributed by atoms with Crippen molar-refractivity contribution < 1.29 is 9.18 Å². The van der Waals surface area contributed by atoms with Crippen molar-refractivity contribution >= 4 is 19.1 Å². The predicted molar refractivity (Wildman–Crippen MR) is 53.8 cm³/mol. The molecule has 0 N–H and O–H groups in total. The summed E-state index contributed by atoms with van der Waals surface area (Å²) in [6, 6.07) is 4.62. The Labute approximate surface area is 78.4 Å². The summed E-state index contributed by atoms with van der Waals surface area (Å²) < 4.78 is 13.0. The van der Waals surface area contributed by atoms with Crippen molar-refractivity contribution in [3.63, 3.8) is 0 Å². The number of hydrogen-bond acceptors (Lipinski definition) is 1. The van der Waals surface area contributed by atoms with Crippen molar-refractivity contribution in [3.8, 4) is 0 Å². The lowest BCUT2D eigenvalue weighted by molar-refractivity contribution is 0.0982. The van der Waals surface area contributed by atoms with E-state index in [-0.39, 0.29) is 11.6 Å². The van der Waals surface area contributed by atoms with Crippen LogP contribution < -0.4 is 5.46 Å². The summed E-state index contributed by atoms with van der Waals surface area (Å²) in [4.78, 5) is 11.5. The Hall–Kier alpha value is -1.12. The van der Waals surface area contributed by atoms with Crippen LogP contribution in [0.4, 0.5) is 4.39 Å². The maximum absolute atomic E-state index is 13.0. The van der Waals surface area contributed by atoms with Crippen molar-refractivity contribution in [1.29, 1.82) is 0 Å². The van der Waals surface area contributed by atoms with E-state index in [4.69, 9.17) is 0 Å². The number of hydrogen-bond donors (Lipinski definition) is 0. The van der Waals surface area contributed by atoms with Crippen LogP contribution in [0, 0.1) is 5.82 Å². The van der Waals surface area contributed by atoms with Gasteiger partial charge in [-0.1, -0.05) is 19.1 Å². The summed E-state index contributed by atoms with van der Waals surface area (Å²) >= 11 is 0.